The van der Waals surface area contributed by atoms with Crippen molar-refractivity contribution in [3.05, 3.63) is 89.5 Å². The van der Waals surface area contributed by atoms with E-state index in [1.807, 2.05) is 63.2 Å². The molecule has 3 aromatic rings. The molecule has 2 N–H and O–H groups in total. The summed E-state index contributed by atoms with van der Waals surface area (Å²) >= 11 is 0. The molecule has 168 valence electrons. The van der Waals surface area contributed by atoms with E-state index in [0.717, 1.165) is 16.7 Å². The maximum atomic E-state index is 13.2. The average molecular weight is 453 g/mol. The van der Waals surface area contributed by atoms with Crippen LogP contribution in [0.5, 0.6) is 5.75 Å². The van der Waals surface area contributed by atoms with Gasteiger partial charge in [0, 0.05) is 5.69 Å². The maximum absolute atomic E-state index is 13.2. The number of anilines is 1. The van der Waals surface area contributed by atoms with Gasteiger partial charge in [0.15, 0.2) is 0 Å². The van der Waals surface area contributed by atoms with E-state index in [-0.39, 0.29) is 11.3 Å². The second kappa shape index (κ2) is 10.4. The molecule has 0 aliphatic rings. The SMILES string of the molecule is CCOc1ccc(S(=O)(=O)N[C@@H](Cc2ccccc2)C(=O)Nc2cccc(C)c2C)cc1. The molecule has 6 nitrogen and oxygen atoms in total. The lowest BCUT2D eigenvalue weighted by Crippen LogP contribution is -2.45. The number of sulfonamides is 1. The number of amides is 1. The molecule has 0 saturated heterocycles. The molecule has 32 heavy (non-hydrogen) atoms. The Hall–Kier alpha value is -3.16. The Morgan fingerprint density at radius 1 is 0.938 bits per heavy atom. The van der Waals surface area contributed by atoms with Crippen molar-refractivity contribution in [3.63, 3.8) is 0 Å². The number of carbonyl (C=O) groups excluding carboxylic acids is 1. The first kappa shape index (κ1) is 23.5. The average Bonchev–Trinajstić information content (AvgIpc) is 2.77. The zero-order valence-corrected chi connectivity index (χ0v) is 19.3. The smallest absolute Gasteiger partial charge is 0.242 e. The van der Waals surface area contributed by atoms with Gasteiger partial charge >= 0.3 is 0 Å². The third kappa shape index (κ3) is 5.96. The van der Waals surface area contributed by atoms with E-state index >= 15 is 0 Å². The highest BCUT2D eigenvalue weighted by Gasteiger charge is 2.26. The molecular weight excluding hydrogens is 424 g/mol. The van der Waals surface area contributed by atoms with Crippen molar-refractivity contribution in [3.8, 4) is 5.75 Å². The molecule has 0 fully saturated rings. The minimum absolute atomic E-state index is 0.0681. The van der Waals surface area contributed by atoms with Gasteiger partial charge in [0.1, 0.15) is 11.8 Å². The van der Waals surface area contributed by atoms with Crippen LogP contribution >= 0.6 is 0 Å². The molecule has 0 saturated carbocycles. The zero-order chi connectivity index (χ0) is 23.1. The Kier molecular flexibility index (Phi) is 7.66. The summed E-state index contributed by atoms with van der Waals surface area (Å²) in [6.07, 6.45) is 0.216. The van der Waals surface area contributed by atoms with Crippen LogP contribution in [0.1, 0.15) is 23.6 Å². The van der Waals surface area contributed by atoms with Gasteiger partial charge in [-0.15, -0.1) is 0 Å². The highest BCUT2D eigenvalue weighted by atomic mass is 32.2. The monoisotopic (exact) mass is 452 g/mol. The minimum Gasteiger partial charge on any atom is -0.494 e. The predicted molar refractivity (Wildman–Crippen MR) is 126 cm³/mol. The molecule has 0 bridgehead atoms. The van der Waals surface area contributed by atoms with Gasteiger partial charge in [-0.3, -0.25) is 4.79 Å². The van der Waals surface area contributed by atoms with Gasteiger partial charge in [-0.1, -0.05) is 42.5 Å². The van der Waals surface area contributed by atoms with Crippen LogP contribution in [0.25, 0.3) is 0 Å². The fourth-order valence-corrected chi connectivity index (χ4v) is 4.48. The summed E-state index contributed by atoms with van der Waals surface area (Å²) in [7, 11) is -3.93. The van der Waals surface area contributed by atoms with Crippen LogP contribution in [-0.4, -0.2) is 27.0 Å². The van der Waals surface area contributed by atoms with Crippen molar-refractivity contribution in [2.75, 3.05) is 11.9 Å². The van der Waals surface area contributed by atoms with Gasteiger partial charge in [-0.25, -0.2) is 8.42 Å². The molecule has 0 aliphatic carbocycles. The molecule has 3 rings (SSSR count). The number of benzene rings is 3. The summed E-state index contributed by atoms with van der Waals surface area (Å²) in [6, 6.07) is 20.1. The molecule has 7 heteroatoms. The van der Waals surface area contributed by atoms with Crippen LogP contribution < -0.4 is 14.8 Å². The summed E-state index contributed by atoms with van der Waals surface area (Å²) in [5.41, 5.74) is 3.49. The van der Waals surface area contributed by atoms with Crippen LogP contribution in [0, 0.1) is 13.8 Å². The molecular formula is C25H28N2O4S. The van der Waals surface area contributed by atoms with Crippen LogP contribution in [0.4, 0.5) is 5.69 Å². The second-order valence-electron chi connectivity index (χ2n) is 7.50. The Morgan fingerprint density at radius 3 is 2.28 bits per heavy atom. The van der Waals surface area contributed by atoms with E-state index in [1.165, 1.54) is 12.1 Å². The lowest BCUT2D eigenvalue weighted by Gasteiger charge is -2.20. The first-order valence-corrected chi connectivity index (χ1v) is 11.9. The van der Waals surface area contributed by atoms with Gasteiger partial charge in [0.2, 0.25) is 15.9 Å². The first-order valence-electron chi connectivity index (χ1n) is 10.5. The van der Waals surface area contributed by atoms with Crippen molar-refractivity contribution in [2.45, 2.75) is 38.1 Å². The van der Waals surface area contributed by atoms with E-state index in [9.17, 15) is 13.2 Å². The molecule has 3 aromatic carbocycles. The first-order chi connectivity index (χ1) is 15.3. The number of rotatable bonds is 9. The normalized spacial score (nSPS) is 12.2. The van der Waals surface area contributed by atoms with E-state index in [4.69, 9.17) is 4.74 Å². The topological polar surface area (TPSA) is 84.5 Å². The van der Waals surface area contributed by atoms with Crippen molar-refractivity contribution in [2.24, 2.45) is 0 Å². The Morgan fingerprint density at radius 2 is 1.62 bits per heavy atom. The molecule has 0 aromatic heterocycles. The van der Waals surface area contributed by atoms with E-state index in [2.05, 4.69) is 10.0 Å². The maximum Gasteiger partial charge on any atom is 0.242 e. The second-order valence-corrected chi connectivity index (χ2v) is 9.22. The van der Waals surface area contributed by atoms with Crippen LogP contribution in [0.2, 0.25) is 0 Å². The third-order valence-electron chi connectivity index (χ3n) is 5.20. The molecule has 1 amide bonds. The molecule has 0 radical (unpaired) electrons. The van der Waals surface area contributed by atoms with Crippen molar-refractivity contribution >= 4 is 21.6 Å². The third-order valence-corrected chi connectivity index (χ3v) is 6.69. The van der Waals surface area contributed by atoms with Gasteiger partial charge in [-0.2, -0.15) is 4.72 Å². The number of aryl methyl sites for hydroxylation is 1. The van der Waals surface area contributed by atoms with E-state index < -0.39 is 22.0 Å². The number of ether oxygens (including phenoxy) is 1. The van der Waals surface area contributed by atoms with E-state index in [0.29, 0.717) is 18.0 Å². The lowest BCUT2D eigenvalue weighted by molar-refractivity contribution is -0.117. The largest absolute Gasteiger partial charge is 0.494 e. The Labute approximate surface area is 189 Å². The minimum atomic E-state index is -3.93. The fourth-order valence-electron chi connectivity index (χ4n) is 3.28. The summed E-state index contributed by atoms with van der Waals surface area (Å²) in [5, 5.41) is 2.89. The van der Waals surface area contributed by atoms with Crippen LogP contribution in [-0.2, 0) is 21.2 Å². The molecule has 1 atom stereocenters. The number of nitrogens with one attached hydrogen (secondary N) is 2. The van der Waals surface area contributed by atoms with Crippen LogP contribution in [0.15, 0.2) is 77.7 Å². The van der Waals surface area contributed by atoms with Gasteiger partial charge in [-0.05, 0) is 74.2 Å². The van der Waals surface area contributed by atoms with Crippen molar-refractivity contribution in [1.29, 1.82) is 0 Å². The van der Waals surface area contributed by atoms with Gasteiger partial charge < -0.3 is 10.1 Å². The Bertz CT molecular complexity index is 1160. The van der Waals surface area contributed by atoms with Gasteiger partial charge in [0.25, 0.3) is 0 Å². The fraction of sp³-hybridized carbons (Fsp3) is 0.240. The van der Waals surface area contributed by atoms with Crippen molar-refractivity contribution in [1.82, 2.24) is 4.72 Å². The molecule has 0 spiro atoms. The summed E-state index contributed by atoms with van der Waals surface area (Å²) < 4.78 is 34.1. The lowest BCUT2D eigenvalue weighted by atomic mass is 10.0. The van der Waals surface area contributed by atoms with Gasteiger partial charge in [0.05, 0.1) is 11.5 Å². The number of hydrogen-bond donors (Lipinski definition) is 2. The predicted octanol–water partition coefficient (Wildman–Crippen LogP) is 4.23. The van der Waals surface area contributed by atoms with Crippen molar-refractivity contribution < 1.29 is 17.9 Å². The number of hydrogen-bond acceptors (Lipinski definition) is 4. The molecule has 0 aliphatic heterocycles. The number of carbonyl (C=O) groups is 1. The Balaban J connectivity index is 1.86. The quantitative estimate of drug-likeness (QED) is 0.509. The zero-order valence-electron chi connectivity index (χ0n) is 18.5. The van der Waals surface area contributed by atoms with E-state index in [1.54, 1.807) is 18.2 Å². The summed E-state index contributed by atoms with van der Waals surface area (Å²) in [4.78, 5) is 13.2. The highest BCUT2D eigenvalue weighted by molar-refractivity contribution is 7.89. The summed E-state index contributed by atoms with van der Waals surface area (Å²) in [6.45, 7) is 6.22. The molecule has 0 heterocycles. The molecule has 0 unspecified atom stereocenters. The highest BCUT2D eigenvalue weighted by Crippen LogP contribution is 2.20. The standard InChI is InChI=1S/C25H28N2O4S/c1-4-31-21-13-15-22(16-14-21)32(29,30)27-24(17-20-10-6-5-7-11-20)25(28)26-23-12-8-9-18(2)19(23)3/h5-16,24,27H,4,17H2,1-3H3,(H,26,28)/t24-/m0/s1. The van der Waals surface area contributed by atoms with Crippen LogP contribution in [0.3, 0.4) is 0 Å². The summed E-state index contributed by atoms with van der Waals surface area (Å²) in [5.74, 6) is 0.164.